The summed E-state index contributed by atoms with van der Waals surface area (Å²) < 4.78 is 1.59. The molecule has 0 aromatic carbocycles. The molecule has 2 aromatic rings. The summed E-state index contributed by atoms with van der Waals surface area (Å²) in [5.41, 5.74) is 6.14. The van der Waals surface area contributed by atoms with E-state index in [4.69, 9.17) is 5.73 Å². The summed E-state index contributed by atoms with van der Waals surface area (Å²) in [5.74, 6) is 2.09. The largest absolute Gasteiger partial charge is 0.352 e. The van der Waals surface area contributed by atoms with E-state index in [0.29, 0.717) is 29.5 Å². The number of amides is 1. The average Bonchev–Trinajstić information content (AvgIpc) is 2.90. The van der Waals surface area contributed by atoms with Crippen LogP contribution in [0.5, 0.6) is 0 Å². The molecule has 2 fully saturated rings. The summed E-state index contributed by atoms with van der Waals surface area (Å²) in [6.45, 7) is 0. The normalized spacial score (nSPS) is 30.3. The lowest BCUT2D eigenvalue weighted by Crippen LogP contribution is -2.54. The Morgan fingerprint density at radius 2 is 2.13 bits per heavy atom. The second kappa shape index (κ2) is 5.88. The molecule has 1 amide bonds. The first-order valence-electron chi connectivity index (χ1n) is 8.40. The van der Waals surface area contributed by atoms with E-state index in [9.17, 15) is 4.79 Å². The Kier molecular flexibility index (Phi) is 3.72. The highest BCUT2D eigenvalue weighted by Crippen LogP contribution is 2.39. The topological polar surface area (TPSA) is 98.2 Å². The zero-order valence-corrected chi connectivity index (χ0v) is 13.1. The van der Waals surface area contributed by atoms with E-state index < -0.39 is 0 Å². The number of fused-ring (bicyclic) bond motifs is 3. The minimum absolute atomic E-state index is 0.00159. The van der Waals surface area contributed by atoms with Crippen LogP contribution in [0.3, 0.4) is 0 Å². The van der Waals surface area contributed by atoms with Crippen molar-refractivity contribution in [3.63, 3.8) is 0 Å². The number of carbonyl (C=O) groups excluding carboxylic acids is 1. The lowest BCUT2D eigenvalue weighted by atomic mass is 9.67. The van der Waals surface area contributed by atoms with Crippen molar-refractivity contribution in [1.29, 1.82) is 0 Å². The van der Waals surface area contributed by atoms with Gasteiger partial charge in [0.1, 0.15) is 0 Å². The summed E-state index contributed by atoms with van der Waals surface area (Å²) in [6, 6.07) is 2.36. The van der Waals surface area contributed by atoms with Crippen LogP contribution in [0, 0.1) is 11.8 Å². The van der Waals surface area contributed by atoms with Gasteiger partial charge in [0.25, 0.3) is 5.78 Å². The zero-order chi connectivity index (χ0) is 15.8. The van der Waals surface area contributed by atoms with Gasteiger partial charge in [0.05, 0.1) is 6.42 Å². The monoisotopic (exact) mass is 314 g/mol. The molecule has 0 spiro atoms. The highest BCUT2D eigenvalue weighted by Gasteiger charge is 2.39. The van der Waals surface area contributed by atoms with Crippen molar-refractivity contribution >= 4 is 11.7 Å². The molecular formula is C16H22N6O. The van der Waals surface area contributed by atoms with E-state index in [1.54, 1.807) is 23.0 Å². The lowest BCUT2D eigenvalue weighted by Gasteiger charge is -2.45. The number of hydrogen-bond donors (Lipinski definition) is 2. The smallest absolute Gasteiger partial charge is 0.252 e. The molecule has 2 aliphatic rings. The predicted molar refractivity (Wildman–Crippen MR) is 84.5 cm³/mol. The fraction of sp³-hybridized carbons (Fsp3) is 0.625. The molecule has 2 aromatic heterocycles. The summed E-state index contributed by atoms with van der Waals surface area (Å²) in [7, 11) is 0. The first kappa shape index (κ1) is 14.6. The molecule has 3 N–H and O–H groups in total. The highest BCUT2D eigenvalue weighted by molar-refractivity contribution is 5.78. The average molecular weight is 314 g/mol. The second-order valence-corrected chi connectivity index (χ2v) is 6.84. The number of nitrogens with zero attached hydrogens (tertiary/aromatic N) is 4. The molecule has 0 radical (unpaired) electrons. The first-order valence-corrected chi connectivity index (χ1v) is 8.40. The van der Waals surface area contributed by atoms with Crippen LogP contribution in [-0.4, -0.2) is 37.6 Å². The van der Waals surface area contributed by atoms with Crippen LogP contribution in [0.1, 0.15) is 37.9 Å². The third-order valence-corrected chi connectivity index (χ3v) is 5.18. The molecule has 0 aliphatic heterocycles. The van der Waals surface area contributed by atoms with E-state index in [1.807, 2.05) is 0 Å². The molecule has 0 saturated heterocycles. The number of nitrogens with two attached hydrogens (primary N) is 1. The van der Waals surface area contributed by atoms with Gasteiger partial charge in [0.2, 0.25) is 5.91 Å². The lowest BCUT2D eigenvalue weighted by molar-refractivity contribution is -0.122. The van der Waals surface area contributed by atoms with Gasteiger partial charge in [-0.15, -0.1) is 5.10 Å². The van der Waals surface area contributed by atoms with Crippen molar-refractivity contribution in [1.82, 2.24) is 24.9 Å². The fourth-order valence-corrected chi connectivity index (χ4v) is 4.26. The fourth-order valence-electron chi connectivity index (χ4n) is 4.26. The molecule has 122 valence electrons. The van der Waals surface area contributed by atoms with Crippen molar-refractivity contribution in [2.45, 2.75) is 50.6 Å². The summed E-state index contributed by atoms with van der Waals surface area (Å²) >= 11 is 0. The van der Waals surface area contributed by atoms with E-state index in [2.05, 4.69) is 20.4 Å². The molecule has 23 heavy (non-hydrogen) atoms. The number of hydrogen-bond acceptors (Lipinski definition) is 5. The van der Waals surface area contributed by atoms with Gasteiger partial charge in [-0.2, -0.15) is 4.98 Å². The molecule has 2 bridgehead atoms. The van der Waals surface area contributed by atoms with E-state index >= 15 is 0 Å². The molecule has 2 aliphatic carbocycles. The molecule has 2 atom stereocenters. The van der Waals surface area contributed by atoms with Crippen LogP contribution in [-0.2, 0) is 11.2 Å². The minimum Gasteiger partial charge on any atom is -0.352 e. The molecular weight excluding hydrogens is 292 g/mol. The zero-order valence-electron chi connectivity index (χ0n) is 13.1. The van der Waals surface area contributed by atoms with E-state index in [1.165, 1.54) is 19.3 Å². The number of aromatic nitrogens is 4. The SMILES string of the molecule is NC1CC2CCCC(C1)C2NC(=O)Cc1nc2ncccn2n1. The van der Waals surface area contributed by atoms with Gasteiger partial charge in [-0.25, -0.2) is 9.50 Å². The summed E-state index contributed by atoms with van der Waals surface area (Å²) in [6.07, 6.45) is 9.30. The highest BCUT2D eigenvalue weighted by atomic mass is 16.1. The van der Waals surface area contributed by atoms with Crippen LogP contribution in [0.15, 0.2) is 18.5 Å². The molecule has 2 heterocycles. The van der Waals surface area contributed by atoms with Crippen molar-refractivity contribution in [3.8, 4) is 0 Å². The Balaban J connectivity index is 1.43. The Morgan fingerprint density at radius 3 is 2.87 bits per heavy atom. The van der Waals surface area contributed by atoms with Crippen LogP contribution in [0.25, 0.3) is 5.78 Å². The third kappa shape index (κ3) is 2.93. The summed E-state index contributed by atoms with van der Waals surface area (Å²) in [4.78, 5) is 20.8. The van der Waals surface area contributed by atoms with Gasteiger partial charge >= 0.3 is 0 Å². The van der Waals surface area contributed by atoms with Gasteiger partial charge in [-0.05, 0) is 43.6 Å². The quantitative estimate of drug-likeness (QED) is 0.868. The maximum atomic E-state index is 12.4. The molecule has 2 saturated carbocycles. The van der Waals surface area contributed by atoms with Crippen molar-refractivity contribution in [2.24, 2.45) is 17.6 Å². The van der Waals surface area contributed by atoms with Crippen LogP contribution in [0.2, 0.25) is 0 Å². The first-order chi connectivity index (χ1) is 11.2. The number of carbonyl (C=O) groups is 1. The maximum Gasteiger partial charge on any atom is 0.252 e. The van der Waals surface area contributed by atoms with Crippen LogP contribution >= 0.6 is 0 Å². The Morgan fingerprint density at radius 1 is 1.35 bits per heavy atom. The van der Waals surface area contributed by atoms with E-state index in [0.717, 1.165) is 12.8 Å². The molecule has 4 rings (SSSR count). The van der Waals surface area contributed by atoms with Crippen molar-refractivity contribution in [2.75, 3.05) is 0 Å². The Hall–Kier alpha value is -2.02. The van der Waals surface area contributed by atoms with Gasteiger partial charge in [-0.1, -0.05) is 6.42 Å². The summed E-state index contributed by atoms with van der Waals surface area (Å²) in [5, 5.41) is 7.52. The Bertz CT molecular complexity index is 666. The number of nitrogens with one attached hydrogen (secondary N) is 1. The van der Waals surface area contributed by atoms with Crippen LogP contribution < -0.4 is 11.1 Å². The maximum absolute atomic E-state index is 12.4. The molecule has 7 nitrogen and oxygen atoms in total. The van der Waals surface area contributed by atoms with Crippen molar-refractivity contribution in [3.05, 3.63) is 24.3 Å². The van der Waals surface area contributed by atoms with Gasteiger partial charge in [0, 0.05) is 24.5 Å². The van der Waals surface area contributed by atoms with Gasteiger partial charge in [-0.3, -0.25) is 4.79 Å². The Labute approximate surface area is 134 Å². The second-order valence-electron chi connectivity index (χ2n) is 6.84. The van der Waals surface area contributed by atoms with E-state index in [-0.39, 0.29) is 18.4 Å². The minimum atomic E-state index is -0.00159. The third-order valence-electron chi connectivity index (χ3n) is 5.18. The predicted octanol–water partition coefficient (Wildman–Crippen LogP) is 0.689. The molecule has 7 heteroatoms. The number of rotatable bonds is 3. The van der Waals surface area contributed by atoms with Gasteiger partial charge < -0.3 is 11.1 Å². The standard InChI is InChI=1S/C16H22N6O/c17-12-7-10-3-1-4-11(8-12)15(10)20-14(23)9-13-19-16-18-5-2-6-22(16)21-13/h2,5-6,10-12,15H,1,3-4,7-9,17H2,(H,20,23). The molecule has 2 unspecified atom stereocenters. The van der Waals surface area contributed by atoms with Crippen LogP contribution in [0.4, 0.5) is 0 Å². The van der Waals surface area contributed by atoms with Crippen molar-refractivity contribution < 1.29 is 4.79 Å². The van der Waals surface area contributed by atoms with Gasteiger partial charge in [0.15, 0.2) is 5.82 Å².